The van der Waals surface area contributed by atoms with Crippen molar-refractivity contribution in [3.05, 3.63) is 104 Å². The summed E-state index contributed by atoms with van der Waals surface area (Å²) in [5, 5.41) is 41.4. The van der Waals surface area contributed by atoms with Crippen molar-refractivity contribution in [3.8, 4) is 0 Å². The third-order valence-electron chi connectivity index (χ3n) is 7.02. The maximum atomic E-state index is 11.5. The van der Waals surface area contributed by atoms with Gasteiger partial charge in [0.05, 0.1) is 24.5 Å². The quantitative estimate of drug-likeness (QED) is 0.111. The second-order valence-electron chi connectivity index (χ2n) is 10.3. The number of carboxylic acids is 2. The van der Waals surface area contributed by atoms with Crippen LogP contribution < -0.4 is 0 Å². The maximum Gasteiger partial charge on any atom is 0.434 e. The second kappa shape index (κ2) is 15.9. The standard InChI is InChI=1S/C28H32N10O8/c39-25(40)23-7-1-5-21(31-23)19-33(11-3-13-35-15-9-29-27(35)37(43)44)17-18-34(20-22-6-2-8-24(32-22)26(41)42)12-4-14-36-16-10-30-28(36)38(45)46/h1-2,5-10,15-16H,3-4,11-14,17-20H2,(H,39,40)(H,41,42). The van der Waals surface area contributed by atoms with Crippen molar-refractivity contribution in [1.82, 2.24) is 38.9 Å². The fourth-order valence-corrected chi connectivity index (χ4v) is 4.88. The lowest BCUT2D eigenvalue weighted by molar-refractivity contribution is -0.396. The summed E-state index contributed by atoms with van der Waals surface area (Å²) in [4.78, 5) is 64.6. The average molecular weight is 637 g/mol. The van der Waals surface area contributed by atoms with E-state index >= 15 is 0 Å². The molecule has 46 heavy (non-hydrogen) atoms. The van der Waals surface area contributed by atoms with E-state index in [1.54, 1.807) is 24.3 Å². The largest absolute Gasteiger partial charge is 0.477 e. The predicted octanol–water partition coefficient (Wildman–Crippen LogP) is 2.57. The molecular weight excluding hydrogens is 604 g/mol. The van der Waals surface area contributed by atoms with Crippen LogP contribution in [-0.4, -0.2) is 97.0 Å². The van der Waals surface area contributed by atoms with Gasteiger partial charge in [-0.25, -0.2) is 28.7 Å². The Kier molecular flexibility index (Phi) is 11.5. The minimum Gasteiger partial charge on any atom is -0.477 e. The zero-order valence-electron chi connectivity index (χ0n) is 24.7. The topological polar surface area (TPSA) is 229 Å². The van der Waals surface area contributed by atoms with Gasteiger partial charge in [0, 0.05) is 39.3 Å². The van der Waals surface area contributed by atoms with Gasteiger partial charge < -0.3 is 30.4 Å². The number of aryl methyl sites for hydroxylation is 2. The Morgan fingerprint density at radius 1 is 0.696 bits per heavy atom. The average Bonchev–Trinajstić information content (AvgIpc) is 3.70. The van der Waals surface area contributed by atoms with Crippen molar-refractivity contribution in [2.75, 3.05) is 26.2 Å². The van der Waals surface area contributed by atoms with Gasteiger partial charge in [0.2, 0.25) is 0 Å². The molecule has 0 aliphatic rings. The van der Waals surface area contributed by atoms with E-state index in [1.165, 1.54) is 46.1 Å². The molecule has 18 heteroatoms. The Morgan fingerprint density at radius 2 is 1.11 bits per heavy atom. The molecule has 0 fully saturated rings. The van der Waals surface area contributed by atoms with Gasteiger partial charge in [-0.3, -0.25) is 9.80 Å². The summed E-state index contributed by atoms with van der Waals surface area (Å²) in [6.45, 7) is 3.16. The predicted molar refractivity (Wildman–Crippen MR) is 160 cm³/mol. The third kappa shape index (κ3) is 9.44. The normalized spacial score (nSPS) is 11.3. The number of rotatable bonds is 19. The highest BCUT2D eigenvalue weighted by Gasteiger charge is 2.18. The van der Waals surface area contributed by atoms with Crippen LogP contribution in [0.1, 0.15) is 45.2 Å². The van der Waals surface area contributed by atoms with Crippen molar-refractivity contribution in [3.63, 3.8) is 0 Å². The number of hydrogen-bond acceptors (Lipinski definition) is 12. The molecular formula is C28H32N10O8. The lowest BCUT2D eigenvalue weighted by Crippen LogP contribution is -2.36. The molecule has 0 spiro atoms. The molecule has 0 aliphatic carbocycles. The number of pyridine rings is 2. The van der Waals surface area contributed by atoms with Gasteiger partial charge in [-0.15, -0.1) is 0 Å². The summed E-state index contributed by atoms with van der Waals surface area (Å²) >= 11 is 0. The van der Waals surface area contributed by atoms with Crippen molar-refractivity contribution in [2.45, 2.75) is 39.0 Å². The van der Waals surface area contributed by atoms with E-state index in [0.717, 1.165) is 0 Å². The number of hydrogen-bond donors (Lipinski definition) is 2. The summed E-state index contributed by atoms with van der Waals surface area (Å²) in [5.74, 6) is -2.83. The number of carbonyl (C=O) groups is 2. The van der Waals surface area contributed by atoms with E-state index in [-0.39, 0.29) is 23.3 Å². The molecule has 4 rings (SSSR count). The first kappa shape index (κ1) is 33.3. The number of nitrogens with zero attached hydrogens (tertiary/aromatic N) is 10. The highest BCUT2D eigenvalue weighted by atomic mass is 16.6. The summed E-state index contributed by atoms with van der Waals surface area (Å²) in [5.41, 5.74) is 0.879. The minimum atomic E-state index is -1.15. The fraction of sp³-hybridized carbons (Fsp3) is 0.357. The van der Waals surface area contributed by atoms with E-state index in [1.807, 2.05) is 9.80 Å². The molecule has 0 aromatic carbocycles. The van der Waals surface area contributed by atoms with Crippen LogP contribution in [0.3, 0.4) is 0 Å². The van der Waals surface area contributed by atoms with Crippen LogP contribution in [0.2, 0.25) is 0 Å². The highest BCUT2D eigenvalue weighted by Crippen LogP contribution is 2.13. The Labute approximate surface area is 261 Å². The van der Waals surface area contributed by atoms with Crippen LogP contribution in [0.5, 0.6) is 0 Å². The van der Waals surface area contributed by atoms with Crippen molar-refractivity contribution in [1.29, 1.82) is 0 Å². The Bertz CT molecular complexity index is 1550. The van der Waals surface area contributed by atoms with Crippen LogP contribution in [-0.2, 0) is 26.2 Å². The molecule has 0 amide bonds. The molecule has 4 aromatic rings. The van der Waals surface area contributed by atoms with Gasteiger partial charge in [-0.05, 0) is 47.0 Å². The smallest absolute Gasteiger partial charge is 0.434 e. The fourth-order valence-electron chi connectivity index (χ4n) is 4.88. The van der Waals surface area contributed by atoms with Crippen molar-refractivity contribution < 1.29 is 29.6 Å². The molecule has 4 aromatic heterocycles. The van der Waals surface area contributed by atoms with Crippen LogP contribution in [0, 0.1) is 20.2 Å². The van der Waals surface area contributed by atoms with Gasteiger partial charge in [0.15, 0.2) is 0 Å². The maximum absolute atomic E-state index is 11.5. The monoisotopic (exact) mass is 636 g/mol. The summed E-state index contributed by atoms with van der Waals surface area (Å²) in [6.07, 6.45) is 6.82. The minimum absolute atomic E-state index is 0.0916. The summed E-state index contributed by atoms with van der Waals surface area (Å²) in [7, 11) is 0. The van der Waals surface area contributed by atoms with Crippen molar-refractivity contribution >= 4 is 23.8 Å². The molecule has 242 valence electrons. The summed E-state index contributed by atoms with van der Waals surface area (Å²) in [6, 6.07) is 9.47. The molecule has 0 radical (unpaired) electrons. The lowest BCUT2D eigenvalue weighted by atomic mass is 10.2. The van der Waals surface area contributed by atoms with Crippen LogP contribution in [0.15, 0.2) is 61.2 Å². The molecule has 2 N–H and O–H groups in total. The van der Waals surface area contributed by atoms with Gasteiger partial charge in [-0.2, -0.15) is 0 Å². The number of carboxylic acid groups (broad SMARTS) is 2. The lowest BCUT2D eigenvalue weighted by Gasteiger charge is -2.27. The van der Waals surface area contributed by atoms with E-state index in [4.69, 9.17) is 0 Å². The third-order valence-corrected chi connectivity index (χ3v) is 7.02. The van der Waals surface area contributed by atoms with Crippen LogP contribution >= 0.6 is 0 Å². The number of imidazole rings is 2. The van der Waals surface area contributed by atoms with E-state index in [0.29, 0.717) is 76.6 Å². The Hall–Kier alpha value is -5.62. The van der Waals surface area contributed by atoms with E-state index in [9.17, 15) is 40.0 Å². The molecule has 0 aliphatic heterocycles. The van der Waals surface area contributed by atoms with Gasteiger partial charge >= 0.3 is 23.8 Å². The van der Waals surface area contributed by atoms with Crippen molar-refractivity contribution in [2.24, 2.45) is 0 Å². The highest BCUT2D eigenvalue weighted by molar-refractivity contribution is 5.85. The number of nitro groups is 2. The van der Waals surface area contributed by atoms with Gasteiger partial charge in [-0.1, -0.05) is 22.1 Å². The Morgan fingerprint density at radius 3 is 1.48 bits per heavy atom. The van der Waals surface area contributed by atoms with Gasteiger partial charge in [0.25, 0.3) is 0 Å². The van der Waals surface area contributed by atoms with E-state index < -0.39 is 21.8 Å². The van der Waals surface area contributed by atoms with E-state index in [2.05, 4.69) is 19.9 Å². The zero-order valence-corrected chi connectivity index (χ0v) is 24.7. The second-order valence-corrected chi connectivity index (χ2v) is 10.3. The summed E-state index contributed by atoms with van der Waals surface area (Å²) < 4.78 is 2.90. The SMILES string of the molecule is O=C(O)c1cccc(CN(CCCn2ccnc2[N+](=O)[O-])CCN(CCCn2ccnc2[N+](=O)[O-])Cc2cccc(C(=O)O)n2)n1. The number of aromatic carboxylic acids is 2. The molecule has 0 atom stereocenters. The molecule has 0 bridgehead atoms. The zero-order chi connectivity index (χ0) is 33.1. The molecule has 18 nitrogen and oxygen atoms in total. The number of aromatic nitrogens is 6. The molecule has 0 unspecified atom stereocenters. The first-order valence-electron chi connectivity index (χ1n) is 14.2. The first-order chi connectivity index (χ1) is 22.1. The molecule has 4 heterocycles. The first-order valence-corrected chi connectivity index (χ1v) is 14.2. The molecule has 0 saturated heterocycles. The van der Waals surface area contributed by atoms with Crippen LogP contribution in [0.4, 0.5) is 11.9 Å². The van der Waals surface area contributed by atoms with Gasteiger partial charge in [0.1, 0.15) is 36.2 Å². The molecule has 0 saturated carbocycles. The van der Waals surface area contributed by atoms with Crippen LogP contribution in [0.25, 0.3) is 0 Å². The Balaban J connectivity index is 1.49.